The second kappa shape index (κ2) is 6.86. The molecule has 0 atom stereocenters. The summed E-state index contributed by atoms with van der Waals surface area (Å²) in [6.45, 7) is 2.88. The fourth-order valence-electron chi connectivity index (χ4n) is 1.76. The number of benzene rings is 2. The molecule has 5 heteroatoms. The first kappa shape index (κ1) is 15.0. The molecule has 106 valence electrons. The van der Waals surface area contributed by atoms with Crippen LogP contribution < -0.4 is 15.2 Å². The highest BCUT2D eigenvalue weighted by molar-refractivity contribution is 9.10. The summed E-state index contributed by atoms with van der Waals surface area (Å²) in [6.07, 6.45) is 0. The molecule has 0 amide bonds. The minimum atomic E-state index is 0.349. The number of halogens is 2. The zero-order chi connectivity index (χ0) is 14.5. The summed E-state index contributed by atoms with van der Waals surface area (Å²) in [5.41, 5.74) is 7.37. The average Bonchev–Trinajstić information content (AvgIpc) is 2.41. The summed E-state index contributed by atoms with van der Waals surface area (Å²) in [6, 6.07) is 11.0. The van der Waals surface area contributed by atoms with Crippen LogP contribution in [0.1, 0.15) is 12.5 Å². The fraction of sp³-hybridized carbons (Fsp3) is 0.200. The van der Waals surface area contributed by atoms with Crippen LogP contribution in [0.2, 0.25) is 5.02 Å². The molecular formula is C15H15BrClNO2. The van der Waals surface area contributed by atoms with Gasteiger partial charge in [0.15, 0.2) is 0 Å². The molecule has 0 aliphatic heterocycles. The first-order valence-corrected chi connectivity index (χ1v) is 7.36. The summed E-state index contributed by atoms with van der Waals surface area (Å²) in [5, 5.41) is 0.557. The van der Waals surface area contributed by atoms with Crippen molar-refractivity contribution in [3.63, 3.8) is 0 Å². The second-order valence-corrected chi connectivity index (χ2v) is 5.49. The molecule has 2 aromatic carbocycles. The van der Waals surface area contributed by atoms with Crippen molar-refractivity contribution >= 4 is 33.2 Å². The molecule has 0 bridgehead atoms. The van der Waals surface area contributed by atoms with Crippen molar-refractivity contribution in [2.75, 3.05) is 12.3 Å². The molecule has 2 rings (SSSR count). The van der Waals surface area contributed by atoms with Crippen molar-refractivity contribution in [3.8, 4) is 11.5 Å². The van der Waals surface area contributed by atoms with Crippen molar-refractivity contribution in [2.45, 2.75) is 13.5 Å². The van der Waals surface area contributed by atoms with Crippen LogP contribution in [0, 0.1) is 0 Å². The second-order valence-electron chi connectivity index (χ2n) is 4.16. The maximum atomic E-state index is 6.12. The summed E-state index contributed by atoms with van der Waals surface area (Å²) in [7, 11) is 0. The van der Waals surface area contributed by atoms with Gasteiger partial charge >= 0.3 is 0 Å². The highest BCUT2D eigenvalue weighted by atomic mass is 79.9. The van der Waals surface area contributed by atoms with E-state index in [2.05, 4.69) is 15.9 Å². The molecule has 0 radical (unpaired) electrons. The Morgan fingerprint density at radius 2 is 1.85 bits per heavy atom. The highest BCUT2D eigenvalue weighted by Crippen LogP contribution is 2.30. The van der Waals surface area contributed by atoms with Gasteiger partial charge in [-0.2, -0.15) is 0 Å². The monoisotopic (exact) mass is 355 g/mol. The molecule has 0 saturated carbocycles. The van der Waals surface area contributed by atoms with Gasteiger partial charge in [-0.25, -0.2) is 0 Å². The third-order valence-corrected chi connectivity index (χ3v) is 3.45. The van der Waals surface area contributed by atoms with Crippen molar-refractivity contribution in [1.29, 1.82) is 0 Å². The van der Waals surface area contributed by atoms with Crippen LogP contribution in [0.25, 0.3) is 0 Å². The molecular weight excluding hydrogens is 342 g/mol. The van der Waals surface area contributed by atoms with Gasteiger partial charge < -0.3 is 15.2 Å². The number of ether oxygens (including phenoxy) is 2. The lowest BCUT2D eigenvalue weighted by Gasteiger charge is -2.13. The van der Waals surface area contributed by atoms with Crippen LogP contribution in [-0.4, -0.2) is 6.61 Å². The first-order chi connectivity index (χ1) is 9.60. The Morgan fingerprint density at radius 3 is 2.55 bits per heavy atom. The van der Waals surface area contributed by atoms with Gasteiger partial charge in [0, 0.05) is 15.7 Å². The van der Waals surface area contributed by atoms with Gasteiger partial charge in [0.25, 0.3) is 0 Å². The smallest absolute Gasteiger partial charge is 0.138 e. The Balaban J connectivity index is 2.15. The maximum absolute atomic E-state index is 6.12. The Bertz CT molecular complexity index is 604. The maximum Gasteiger partial charge on any atom is 0.138 e. The lowest BCUT2D eigenvalue weighted by atomic mass is 10.2. The van der Waals surface area contributed by atoms with Crippen LogP contribution >= 0.6 is 27.5 Å². The van der Waals surface area contributed by atoms with Gasteiger partial charge in [0.1, 0.15) is 18.1 Å². The third-order valence-electron chi connectivity index (χ3n) is 2.66. The molecule has 0 heterocycles. The molecule has 0 aliphatic rings. The van der Waals surface area contributed by atoms with E-state index in [0.29, 0.717) is 29.7 Å². The standard InChI is InChI=1S/C15H15BrClNO2/c1-2-19-14-6-4-12(18)7-10(14)9-20-15-5-3-11(16)8-13(15)17/h3-8H,2,9,18H2,1H3. The summed E-state index contributed by atoms with van der Waals surface area (Å²) in [5.74, 6) is 1.40. The normalized spacial score (nSPS) is 10.3. The first-order valence-electron chi connectivity index (χ1n) is 6.19. The number of hydrogen-bond acceptors (Lipinski definition) is 3. The van der Waals surface area contributed by atoms with Crippen LogP contribution in [0.5, 0.6) is 11.5 Å². The van der Waals surface area contributed by atoms with Gasteiger partial charge in [-0.3, -0.25) is 0 Å². The van der Waals surface area contributed by atoms with Crippen LogP contribution in [0.15, 0.2) is 40.9 Å². The van der Waals surface area contributed by atoms with Gasteiger partial charge in [0.05, 0.1) is 11.6 Å². The summed E-state index contributed by atoms with van der Waals surface area (Å²) in [4.78, 5) is 0. The zero-order valence-electron chi connectivity index (χ0n) is 11.0. The molecule has 2 N–H and O–H groups in total. The Hall–Kier alpha value is -1.39. The highest BCUT2D eigenvalue weighted by Gasteiger charge is 2.07. The minimum Gasteiger partial charge on any atom is -0.493 e. The fourth-order valence-corrected chi connectivity index (χ4v) is 2.48. The van der Waals surface area contributed by atoms with Gasteiger partial charge in [-0.05, 0) is 43.3 Å². The molecule has 2 aromatic rings. The van der Waals surface area contributed by atoms with E-state index in [9.17, 15) is 0 Å². The van der Waals surface area contributed by atoms with Gasteiger partial charge in [-0.1, -0.05) is 27.5 Å². The number of hydrogen-bond donors (Lipinski definition) is 1. The van der Waals surface area contributed by atoms with E-state index in [0.717, 1.165) is 15.8 Å². The summed E-state index contributed by atoms with van der Waals surface area (Å²) < 4.78 is 12.2. The molecule has 0 saturated heterocycles. The van der Waals surface area contributed by atoms with Crippen LogP contribution in [0.4, 0.5) is 5.69 Å². The number of rotatable bonds is 5. The van der Waals surface area contributed by atoms with E-state index >= 15 is 0 Å². The average molecular weight is 357 g/mol. The van der Waals surface area contributed by atoms with E-state index in [-0.39, 0.29) is 0 Å². The number of anilines is 1. The largest absolute Gasteiger partial charge is 0.493 e. The van der Waals surface area contributed by atoms with E-state index < -0.39 is 0 Å². The molecule has 0 aromatic heterocycles. The molecule has 0 fully saturated rings. The van der Waals surface area contributed by atoms with Crippen molar-refractivity contribution in [2.24, 2.45) is 0 Å². The molecule has 0 unspecified atom stereocenters. The lowest BCUT2D eigenvalue weighted by Crippen LogP contribution is -2.02. The van der Waals surface area contributed by atoms with Gasteiger partial charge in [0.2, 0.25) is 0 Å². The van der Waals surface area contributed by atoms with Gasteiger partial charge in [-0.15, -0.1) is 0 Å². The van der Waals surface area contributed by atoms with Crippen molar-refractivity contribution in [3.05, 3.63) is 51.5 Å². The Morgan fingerprint density at radius 1 is 1.10 bits per heavy atom. The van der Waals surface area contributed by atoms with Crippen molar-refractivity contribution in [1.82, 2.24) is 0 Å². The Labute approximate surface area is 131 Å². The SMILES string of the molecule is CCOc1ccc(N)cc1COc1ccc(Br)cc1Cl. The molecule has 3 nitrogen and oxygen atoms in total. The predicted octanol–water partition coefficient (Wildman–Crippen LogP) is 4.66. The molecule has 0 aliphatic carbocycles. The third kappa shape index (κ3) is 3.81. The molecule has 0 spiro atoms. The lowest BCUT2D eigenvalue weighted by molar-refractivity contribution is 0.286. The van der Waals surface area contributed by atoms with E-state index in [4.69, 9.17) is 26.8 Å². The van der Waals surface area contributed by atoms with E-state index in [1.54, 1.807) is 12.1 Å². The quantitative estimate of drug-likeness (QED) is 0.792. The number of nitrogens with two attached hydrogens (primary N) is 1. The predicted molar refractivity (Wildman–Crippen MR) is 85.5 cm³/mol. The minimum absolute atomic E-state index is 0.349. The van der Waals surface area contributed by atoms with E-state index in [1.165, 1.54) is 0 Å². The van der Waals surface area contributed by atoms with Crippen molar-refractivity contribution < 1.29 is 9.47 Å². The molecule has 20 heavy (non-hydrogen) atoms. The number of nitrogen functional groups attached to an aromatic ring is 1. The summed E-state index contributed by atoms with van der Waals surface area (Å²) >= 11 is 9.47. The zero-order valence-corrected chi connectivity index (χ0v) is 13.4. The topological polar surface area (TPSA) is 44.5 Å². The Kier molecular flexibility index (Phi) is 5.15. The van der Waals surface area contributed by atoms with Crippen LogP contribution in [0.3, 0.4) is 0 Å². The van der Waals surface area contributed by atoms with Crippen LogP contribution in [-0.2, 0) is 6.61 Å². The van der Waals surface area contributed by atoms with E-state index in [1.807, 2.05) is 31.2 Å².